The first-order valence-electron chi connectivity index (χ1n) is 7.55. The molecule has 1 fully saturated rings. The Morgan fingerprint density at radius 1 is 1.30 bits per heavy atom. The van der Waals surface area contributed by atoms with Gasteiger partial charge >= 0.3 is 0 Å². The van der Waals surface area contributed by atoms with Crippen LogP contribution in [-0.2, 0) is 9.53 Å². The molecular formula is C16H20F2N2O3. The molecule has 1 aliphatic heterocycles. The minimum atomic E-state index is -0.921. The quantitative estimate of drug-likeness (QED) is 0.896. The molecule has 1 aliphatic rings. The molecule has 7 heteroatoms. The number of piperidine rings is 1. The van der Waals surface area contributed by atoms with E-state index in [1.165, 1.54) is 0 Å². The van der Waals surface area contributed by atoms with Gasteiger partial charge in [0.1, 0.15) is 11.6 Å². The first kappa shape index (κ1) is 17.3. The van der Waals surface area contributed by atoms with Gasteiger partial charge in [-0.3, -0.25) is 9.59 Å². The Morgan fingerprint density at radius 3 is 2.61 bits per heavy atom. The number of methoxy groups -OCH3 is 1. The molecule has 0 unspecified atom stereocenters. The van der Waals surface area contributed by atoms with Gasteiger partial charge < -0.3 is 15.0 Å². The summed E-state index contributed by atoms with van der Waals surface area (Å²) < 4.78 is 31.5. The maximum absolute atomic E-state index is 13.5. The van der Waals surface area contributed by atoms with Crippen molar-refractivity contribution in [3.05, 3.63) is 35.4 Å². The summed E-state index contributed by atoms with van der Waals surface area (Å²) >= 11 is 0. The van der Waals surface area contributed by atoms with Crippen LogP contribution in [0.3, 0.4) is 0 Å². The molecule has 1 aromatic rings. The number of amides is 2. The topological polar surface area (TPSA) is 58.6 Å². The van der Waals surface area contributed by atoms with Crippen molar-refractivity contribution in [2.24, 2.45) is 0 Å². The van der Waals surface area contributed by atoms with Gasteiger partial charge in [-0.1, -0.05) is 0 Å². The van der Waals surface area contributed by atoms with Crippen LogP contribution in [0.2, 0.25) is 0 Å². The van der Waals surface area contributed by atoms with Gasteiger partial charge in [0.05, 0.1) is 11.7 Å². The molecule has 0 spiro atoms. The van der Waals surface area contributed by atoms with E-state index in [2.05, 4.69) is 5.32 Å². The average molecular weight is 326 g/mol. The van der Waals surface area contributed by atoms with Crippen LogP contribution in [0.5, 0.6) is 0 Å². The fraction of sp³-hybridized carbons (Fsp3) is 0.500. The van der Waals surface area contributed by atoms with E-state index in [1.807, 2.05) is 0 Å². The molecule has 2 amide bonds. The second-order valence-electron chi connectivity index (χ2n) is 5.45. The predicted octanol–water partition coefficient (Wildman–Crippen LogP) is 1.72. The molecule has 0 atom stereocenters. The van der Waals surface area contributed by atoms with Crippen molar-refractivity contribution in [1.82, 2.24) is 10.2 Å². The van der Waals surface area contributed by atoms with Crippen LogP contribution in [0.25, 0.3) is 0 Å². The average Bonchev–Trinajstić information content (AvgIpc) is 2.54. The monoisotopic (exact) mass is 326 g/mol. The van der Waals surface area contributed by atoms with E-state index in [-0.39, 0.29) is 30.5 Å². The van der Waals surface area contributed by atoms with Crippen LogP contribution in [-0.4, -0.2) is 49.6 Å². The number of ether oxygens (including phenoxy) is 1. The van der Waals surface area contributed by atoms with E-state index in [0.717, 1.165) is 25.0 Å². The highest BCUT2D eigenvalue weighted by atomic mass is 19.1. The first-order valence-corrected chi connectivity index (χ1v) is 7.55. The highest BCUT2D eigenvalue weighted by Crippen LogP contribution is 2.13. The lowest BCUT2D eigenvalue weighted by atomic mass is 10.1. The highest BCUT2D eigenvalue weighted by Gasteiger charge is 2.22. The van der Waals surface area contributed by atoms with Gasteiger partial charge in [0.25, 0.3) is 5.91 Å². The maximum atomic E-state index is 13.5. The maximum Gasteiger partial charge on any atom is 0.254 e. The summed E-state index contributed by atoms with van der Waals surface area (Å²) in [6.07, 6.45) is 1.94. The van der Waals surface area contributed by atoms with E-state index in [0.29, 0.717) is 19.2 Å². The van der Waals surface area contributed by atoms with Crippen LogP contribution >= 0.6 is 0 Å². The summed E-state index contributed by atoms with van der Waals surface area (Å²) in [5, 5.41) is 2.48. The molecule has 0 radical (unpaired) electrons. The molecule has 2 rings (SSSR count). The lowest BCUT2D eigenvalue weighted by molar-refractivity contribution is -0.133. The largest absolute Gasteiger partial charge is 0.381 e. The number of nitrogens with one attached hydrogen (secondary N) is 1. The number of hydrogen-bond donors (Lipinski definition) is 1. The van der Waals surface area contributed by atoms with Crippen molar-refractivity contribution < 1.29 is 23.1 Å². The SMILES string of the molecule is COC1CCN(C(=O)CCNC(=O)c2ccc(F)cc2F)CC1. The van der Waals surface area contributed by atoms with Crippen molar-refractivity contribution in [3.63, 3.8) is 0 Å². The predicted molar refractivity (Wildman–Crippen MR) is 79.9 cm³/mol. The Hall–Kier alpha value is -2.02. The van der Waals surface area contributed by atoms with E-state index >= 15 is 0 Å². The Balaban J connectivity index is 1.76. The lowest BCUT2D eigenvalue weighted by Crippen LogP contribution is -2.41. The van der Waals surface area contributed by atoms with Crippen molar-refractivity contribution in [2.75, 3.05) is 26.7 Å². The van der Waals surface area contributed by atoms with Crippen LogP contribution in [0.15, 0.2) is 18.2 Å². The standard InChI is InChI=1S/C16H20F2N2O3/c1-23-12-5-8-20(9-6-12)15(21)4-7-19-16(22)13-3-2-11(17)10-14(13)18/h2-3,10,12H,4-9H2,1H3,(H,19,22). The number of carbonyl (C=O) groups excluding carboxylic acids is 2. The van der Waals surface area contributed by atoms with Gasteiger partial charge in [-0.15, -0.1) is 0 Å². The van der Waals surface area contributed by atoms with Gasteiger partial charge in [0.2, 0.25) is 5.91 Å². The van der Waals surface area contributed by atoms with Crippen LogP contribution in [0, 0.1) is 11.6 Å². The number of nitrogens with zero attached hydrogens (tertiary/aromatic N) is 1. The third kappa shape index (κ3) is 4.72. The van der Waals surface area contributed by atoms with Gasteiger partial charge in [0.15, 0.2) is 0 Å². The second kappa shape index (κ2) is 8.01. The normalized spacial score (nSPS) is 15.5. The fourth-order valence-electron chi connectivity index (χ4n) is 2.55. The number of rotatable bonds is 5. The van der Waals surface area contributed by atoms with E-state index in [4.69, 9.17) is 4.74 Å². The molecule has 5 nitrogen and oxygen atoms in total. The van der Waals surface area contributed by atoms with Gasteiger partial charge in [-0.05, 0) is 25.0 Å². The Labute approximate surface area is 133 Å². The van der Waals surface area contributed by atoms with Gasteiger partial charge in [0, 0.05) is 39.2 Å². The van der Waals surface area contributed by atoms with Crippen LogP contribution in [0.4, 0.5) is 8.78 Å². The summed E-state index contributed by atoms with van der Waals surface area (Å²) in [5.41, 5.74) is -0.236. The summed E-state index contributed by atoms with van der Waals surface area (Å²) in [5.74, 6) is -2.38. The lowest BCUT2D eigenvalue weighted by Gasteiger charge is -2.31. The van der Waals surface area contributed by atoms with Crippen molar-refractivity contribution in [2.45, 2.75) is 25.4 Å². The fourth-order valence-corrected chi connectivity index (χ4v) is 2.55. The molecule has 1 N–H and O–H groups in total. The van der Waals surface area contributed by atoms with E-state index < -0.39 is 17.5 Å². The summed E-state index contributed by atoms with van der Waals surface area (Å²) in [6, 6.07) is 2.75. The molecular weight excluding hydrogens is 306 g/mol. The Kier molecular flexibility index (Phi) is 6.04. The smallest absolute Gasteiger partial charge is 0.254 e. The Morgan fingerprint density at radius 2 is 2.00 bits per heavy atom. The zero-order valence-electron chi connectivity index (χ0n) is 13.0. The molecule has 1 aromatic carbocycles. The molecule has 1 heterocycles. The number of likely N-dealkylation sites (tertiary alicyclic amines) is 1. The molecule has 1 saturated heterocycles. The number of hydrogen-bond acceptors (Lipinski definition) is 3. The van der Waals surface area contributed by atoms with Crippen molar-refractivity contribution >= 4 is 11.8 Å². The molecule has 23 heavy (non-hydrogen) atoms. The number of halogens is 2. The molecule has 0 aromatic heterocycles. The van der Waals surface area contributed by atoms with Crippen LogP contribution < -0.4 is 5.32 Å². The summed E-state index contributed by atoms with van der Waals surface area (Å²) in [6.45, 7) is 1.38. The molecule has 126 valence electrons. The Bertz CT molecular complexity index is 572. The van der Waals surface area contributed by atoms with Crippen LogP contribution in [0.1, 0.15) is 29.6 Å². The third-order valence-electron chi connectivity index (χ3n) is 3.93. The van der Waals surface area contributed by atoms with E-state index in [1.54, 1.807) is 12.0 Å². The second-order valence-corrected chi connectivity index (χ2v) is 5.45. The third-order valence-corrected chi connectivity index (χ3v) is 3.93. The molecule has 0 aliphatic carbocycles. The minimum absolute atomic E-state index is 0.0561. The van der Waals surface area contributed by atoms with Gasteiger partial charge in [-0.2, -0.15) is 0 Å². The molecule has 0 bridgehead atoms. The number of carbonyl (C=O) groups is 2. The van der Waals surface area contributed by atoms with E-state index in [9.17, 15) is 18.4 Å². The van der Waals surface area contributed by atoms with Crippen molar-refractivity contribution in [3.8, 4) is 0 Å². The summed E-state index contributed by atoms with van der Waals surface area (Å²) in [7, 11) is 1.66. The van der Waals surface area contributed by atoms with Gasteiger partial charge in [-0.25, -0.2) is 8.78 Å². The zero-order chi connectivity index (χ0) is 16.8. The molecule has 0 saturated carbocycles. The summed E-state index contributed by atoms with van der Waals surface area (Å²) in [4.78, 5) is 25.6. The zero-order valence-corrected chi connectivity index (χ0v) is 13.0. The first-order chi connectivity index (χ1) is 11.0. The van der Waals surface area contributed by atoms with Crippen molar-refractivity contribution in [1.29, 1.82) is 0 Å². The minimum Gasteiger partial charge on any atom is -0.381 e. The number of benzene rings is 1. The highest BCUT2D eigenvalue weighted by molar-refractivity contribution is 5.94.